The Morgan fingerprint density at radius 1 is 1.54 bits per heavy atom. The van der Waals surface area contributed by atoms with Gasteiger partial charge in [0, 0.05) is 25.6 Å². The van der Waals surface area contributed by atoms with Crippen LogP contribution in [0.4, 0.5) is 0 Å². The molecule has 0 aromatic rings. The first-order chi connectivity index (χ1) is 6.07. The summed E-state index contributed by atoms with van der Waals surface area (Å²) in [6.07, 6.45) is 0.534. The maximum atomic E-state index is 11.4. The van der Waals surface area contributed by atoms with Gasteiger partial charge in [-0.05, 0) is 26.1 Å². The van der Waals surface area contributed by atoms with Crippen LogP contribution in [-0.4, -0.2) is 40.0 Å². The highest BCUT2D eigenvalue weighted by Gasteiger charge is 2.29. The van der Waals surface area contributed by atoms with E-state index in [4.69, 9.17) is 12.2 Å². The largest absolute Gasteiger partial charge is 0.345 e. The molecule has 74 valence electrons. The summed E-state index contributed by atoms with van der Waals surface area (Å²) in [5, 5.41) is 0.696. The van der Waals surface area contributed by atoms with Gasteiger partial charge < -0.3 is 4.90 Å². The van der Waals surface area contributed by atoms with Crippen LogP contribution in [0.5, 0.6) is 0 Å². The van der Waals surface area contributed by atoms with E-state index in [9.17, 15) is 4.79 Å². The van der Waals surface area contributed by atoms with E-state index in [0.717, 1.165) is 13.1 Å². The quantitative estimate of drug-likeness (QED) is 0.626. The maximum absolute atomic E-state index is 11.4. The minimum Gasteiger partial charge on any atom is -0.345 e. The second-order valence-electron chi connectivity index (χ2n) is 3.47. The molecule has 0 spiro atoms. The van der Waals surface area contributed by atoms with Crippen LogP contribution < -0.4 is 0 Å². The van der Waals surface area contributed by atoms with Crippen LogP contribution >= 0.6 is 12.2 Å². The lowest BCUT2D eigenvalue weighted by Gasteiger charge is -2.23. The van der Waals surface area contributed by atoms with Gasteiger partial charge >= 0.3 is 0 Å². The molecule has 1 aliphatic heterocycles. The summed E-state index contributed by atoms with van der Waals surface area (Å²) >= 11 is 5.21. The van der Waals surface area contributed by atoms with Gasteiger partial charge in [-0.2, -0.15) is 0 Å². The van der Waals surface area contributed by atoms with Gasteiger partial charge in [-0.1, -0.05) is 6.92 Å². The molecule has 1 saturated heterocycles. The van der Waals surface area contributed by atoms with Crippen molar-refractivity contribution in [3.8, 4) is 0 Å². The molecule has 1 heterocycles. The molecule has 0 radical (unpaired) electrons. The Hall–Kier alpha value is -0.640. The fourth-order valence-electron chi connectivity index (χ4n) is 1.46. The fraction of sp³-hybridized carbons (Fsp3) is 0.778. The van der Waals surface area contributed by atoms with E-state index in [1.54, 1.807) is 4.90 Å². The smallest absolute Gasteiger partial charge is 0.228 e. The van der Waals surface area contributed by atoms with Crippen molar-refractivity contribution in [3.05, 3.63) is 0 Å². The van der Waals surface area contributed by atoms with Crippen molar-refractivity contribution in [2.45, 2.75) is 33.2 Å². The zero-order valence-corrected chi connectivity index (χ0v) is 9.23. The normalized spacial score (nSPS) is 17.4. The molecule has 1 fully saturated rings. The van der Waals surface area contributed by atoms with Gasteiger partial charge in [0.15, 0.2) is 5.11 Å². The SMILES string of the molecule is CCC(=O)N1CCN(C(C)C)C1=S. The number of carbonyl (C=O) groups excluding carboxylic acids is 1. The highest BCUT2D eigenvalue weighted by atomic mass is 32.1. The first kappa shape index (κ1) is 10.4. The number of carbonyl (C=O) groups is 1. The number of thiocarbonyl (C=S) groups is 1. The van der Waals surface area contributed by atoms with Crippen LogP contribution in [0.1, 0.15) is 27.2 Å². The number of rotatable bonds is 2. The summed E-state index contributed by atoms with van der Waals surface area (Å²) in [7, 11) is 0. The van der Waals surface area contributed by atoms with E-state index in [0.29, 0.717) is 17.6 Å². The van der Waals surface area contributed by atoms with E-state index < -0.39 is 0 Å². The lowest BCUT2D eigenvalue weighted by Crippen LogP contribution is -2.38. The average Bonchev–Trinajstić information content (AvgIpc) is 2.46. The molecule has 0 aromatic carbocycles. The maximum Gasteiger partial charge on any atom is 0.228 e. The molecule has 13 heavy (non-hydrogen) atoms. The number of nitrogens with zero attached hydrogens (tertiary/aromatic N) is 2. The van der Waals surface area contributed by atoms with Crippen molar-refractivity contribution in [2.24, 2.45) is 0 Å². The van der Waals surface area contributed by atoms with Gasteiger partial charge in [0.1, 0.15) is 0 Å². The Kier molecular flexibility index (Phi) is 3.25. The number of amides is 1. The zero-order valence-electron chi connectivity index (χ0n) is 8.41. The molecule has 1 amide bonds. The van der Waals surface area contributed by atoms with Gasteiger partial charge in [-0.3, -0.25) is 9.69 Å². The zero-order chi connectivity index (χ0) is 10.0. The first-order valence-electron chi connectivity index (χ1n) is 4.69. The minimum atomic E-state index is 0.133. The highest BCUT2D eigenvalue weighted by molar-refractivity contribution is 7.80. The van der Waals surface area contributed by atoms with Gasteiger partial charge in [-0.15, -0.1) is 0 Å². The molecule has 0 saturated carbocycles. The predicted octanol–water partition coefficient (Wildman–Crippen LogP) is 1.23. The molecule has 0 bridgehead atoms. The van der Waals surface area contributed by atoms with Gasteiger partial charge in [0.05, 0.1) is 0 Å². The van der Waals surface area contributed by atoms with Crippen molar-refractivity contribution in [3.63, 3.8) is 0 Å². The van der Waals surface area contributed by atoms with Crippen LogP contribution in [0.2, 0.25) is 0 Å². The van der Waals surface area contributed by atoms with E-state index in [1.165, 1.54) is 0 Å². The lowest BCUT2D eigenvalue weighted by molar-refractivity contribution is -0.126. The third kappa shape index (κ3) is 1.99. The molecule has 0 unspecified atom stereocenters. The van der Waals surface area contributed by atoms with Crippen molar-refractivity contribution >= 4 is 23.2 Å². The molecule has 1 rings (SSSR count). The Labute approximate surface area is 84.7 Å². The van der Waals surface area contributed by atoms with Crippen molar-refractivity contribution in [1.29, 1.82) is 0 Å². The summed E-state index contributed by atoms with van der Waals surface area (Å²) in [5.41, 5.74) is 0. The van der Waals surface area contributed by atoms with Crippen molar-refractivity contribution in [2.75, 3.05) is 13.1 Å². The van der Waals surface area contributed by atoms with Crippen LogP contribution in [0.3, 0.4) is 0 Å². The standard InChI is InChI=1S/C9H16N2OS/c1-4-8(12)11-6-5-10(7(2)3)9(11)13/h7H,4-6H2,1-3H3. The third-order valence-electron chi connectivity index (χ3n) is 2.27. The van der Waals surface area contributed by atoms with Crippen LogP contribution in [-0.2, 0) is 4.79 Å². The Morgan fingerprint density at radius 2 is 2.15 bits per heavy atom. The minimum absolute atomic E-state index is 0.133. The summed E-state index contributed by atoms with van der Waals surface area (Å²) in [6.45, 7) is 7.67. The molecule has 0 aromatic heterocycles. The second-order valence-corrected chi connectivity index (χ2v) is 3.83. The molecule has 0 N–H and O–H groups in total. The van der Waals surface area contributed by atoms with Gasteiger partial charge in [-0.25, -0.2) is 0 Å². The predicted molar refractivity (Wildman–Crippen MR) is 56.4 cm³/mol. The average molecular weight is 200 g/mol. The molecular weight excluding hydrogens is 184 g/mol. The molecule has 3 nitrogen and oxygen atoms in total. The van der Waals surface area contributed by atoms with Gasteiger partial charge in [0.25, 0.3) is 0 Å². The number of hydrogen-bond acceptors (Lipinski definition) is 2. The third-order valence-corrected chi connectivity index (χ3v) is 2.72. The fourth-order valence-corrected chi connectivity index (χ4v) is 1.95. The van der Waals surface area contributed by atoms with Crippen molar-refractivity contribution in [1.82, 2.24) is 9.80 Å². The molecule has 1 aliphatic rings. The van der Waals surface area contributed by atoms with Crippen LogP contribution in [0.15, 0.2) is 0 Å². The number of hydrogen-bond donors (Lipinski definition) is 0. The topological polar surface area (TPSA) is 23.6 Å². The van der Waals surface area contributed by atoms with E-state index in [1.807, 2.05) is 6.92 Å². The van der Waals surface area contributed by atoms with Crippen LogP contribution in [0.25, 0.3) is 0 Å². The van der Waals surface area contributed by atoms with E-state index in [-0.39, 0.29) is 5.91 Å². The second kappa shape index (κ2) is 4.05. The highest BCUT2D eigenvalue weighted by Crippen LogP contribution is 2.13. The summed E-state index contributed by atoms with van der Waals surface area (Å²) in [4.78, 5) is 15.2. The van der Waals surface area contributed by atoms with E-state index in [2.05, 4.69) is 18.7 Å². The van der Waals surface area contributed by atoms with E-state index >= 15 is 0 Å². The summed E-state index contributed by atoms with van der Waals surface area (Å²) in [5.74, 6) is 0.133. The molecule has 0 aliphatic carbocycles. The molecule has 0 atom stereocenters. The summed E-state index contributed by atoms with van der Waals surface area (Å²) < 4.78 is 0. The summed E-state index contributed by atoms with van der Waals surface area (Å²) in [6, 6.07) is 0.391. The van der Waals surface area contributed by atoms with Crippen molar-refractivity contribution < 1.29 is 4.79 Å². The monoisotopic (exact) mass is 200 g/mol. The molecular formula is C9H16N2OS. The first-order valence-corrected chi connectivity index (χ1v) is 5.09. The molecule has 4 heteroatoms. The Morgan fingerprint density at radius 3 is 2.54 bits per heavy atom. The Balaban J connectivity index is 2.65. The lowest BCUT2D eigenvalue weighted by atomic mass is 10.3. The Bertz CT molecular complexity index is 228. The van der Waals surface area contributed by atoms with Gasteiger partial charge in [0.2, 0.25) is 5.91 Å². The van der Waals surface area contributed by atoms with Crippen LogP contribution in [0, 0.1) is 0 Å².